The Morgan fingerprint density at radius 3 is 2.46 bits per heavy atom. The van der Waals surface area contributed by atoms with E-state index in [4.69, 9.17) is 37.9 Å². The summed E-state index contributed by atoms with van der Waals surface area (Å²) in [7, 11) is 6.84. The van der Waals surface area contributed by atoms with E-state index in [2.05, 4.69) is 30.5 Å². The molecular formula is C26H37Cl2N13O6S. The van der Waals surface area contributed by atoms with Crippen LogP contribution in [0.2, 0.25) is 9.62 Å². The minimum atomic E-state index is -0.748. The molecule has 262 valence electrons. The van der Waals surface area contributed by atoms with Gasteiger partial charge in [0, 0.05) is 71.1 Å². The number of thiazole rings is 1. The summed E-state index contributed by atoms with van der Waals surface area (Å²) in [6.07, 6.45) is 6.06. The molecule has 0 aliphatic carbocycles. The molecule has 4 heterocycles. The highest BCUT2D eigenvalue weighted by atomic mass is 35.5. The minimum absolute atomic E-state index is 0.171. The molecular weight excluding hydrogens is 693 g/mol. The Balaban J connectivity index is 0.000000252. The fourth-order valence-corrected chi connectivity index (χ4v) is 5.28. The maximum Gasteiger partial charge on any atom is 0.277 e. The fourth-order valence-electron chi connectivity index (χ4n) is 4.14. The highest BCUT2D eigenvalue weighted by molar-refractivity contribution is 7.15. The van der Waals surface area contributed by atoms with Crippen LogP contribution in [0.5, 0.6) is 0 Å². The van der Waals surface area contributed by atoms with Crippen LogP contribution in [-0.2, 0) is 22.6 Å². The number of nitriles is 1. The van der Waals surface area contributed by atoms with Crippen molar-refractivity contribution < 1.29 is 19.5 Å². The van der Waals surface area contributed by atoms with E-state index in [1.807, 2.05) is 11.9 Å². The van der Waals surface area contributed by atoms with Gasteiger partial charge < -0.3 is 34.4 Å². The van der Waals surface area contributed by atoms with Crippen molar-refractivity contribution in [2.24, 2.45) is 21.1 Å². The van der Waals surface area contributed by atoms with Gasteiger partial charge in [0.15, 0.2) is 14.5 Å². The molecule has 1 N–H and O–H groups in total. The SMILES string of the molecule is CC(=NC#N)N(C)Cc1cnc(Cl)s1.CN/C(=N\[N+](=O)[O-])N(C)Cc1ccc(Cl)nc1.CN1COCN(CC2CCOC2)/C1=N/[N+](=O)[O-]. The molecule has 2 aromatic rings. The summed E-state index contributed by atoms with van der Waals surface area (Å²) in [6, 6.07) is 3.46. The molecule has 0 aromatic carbocycles. The lowest BCUT2D eigenvalue weighted by atomic mass is 10.1. The first-order valence-corrected chi connectivity index (χ1v) is 15.7. The quantitative estimate of drug-likeness (QED) is 0.103. The van der Waals surface area contributed by atoms with Gasteiger partial charge in [0.1, 0.15) is 34.7 Å². The number of nitro groups is 2. The number of pyridine rings is 1. The second-order valence-corrected chi connectivity index (χ2v) is 12.3. The molecule has 19 nitrogen and oxygen atoms in total. The van der Waals surface area contributed by atoms with Gasteiger partial charge in [0.25, 0.3) is 11.9 Å². The van der Waals surface area contributed by atoms with Gasteiger partial charge in [0.2, 0.25) is 6.19 Å². The number of ether oxygens (including phenoxy) is 2. The molecule has 48 heavy (non-hydrogen) atoms. The van der Waals surface area contributed by atoms with E-state index in [1.165, 1.54) is 11.3 Å². The monoisotopic (exact) mass is 729 g/mol. The van der Waals surface area contributed by atoms with Gasteiger partial charge in [0.05, 0.1) is 13.2 Å². The van der Waals surface area contributed by atoms with Crippen molar-refractivity contribution >= 4 is 52.3 Å². The molecule has 4 rings (SSSR count). The lowest BCUT2D eigenvalue weighted by molar-refractivity contribution is -0.486. The molecule has 0 spiro atoms. The number of hydrogen-bond acceptors (Lipinski definition) is 11. The van der Waals surface area contributed by atoms with Crippen LogP contribution in [0.1, 0.15) is 23.8 Å². The maximum atomic E-state index is 10.5. The third kappa shape index (κ3) is 14.6. The number of aromatic nitrogens is 2. The predicted octanol–water partition coefficient (Wildman–Crippen LogP) is 2.81. The summed E-state index contributed by atoms with van der Waals surface area (Å²) < 4.78 is 11.1. The van der Waals surface area contributed by atoms with Crippen LogP contribution in [0.3, 0.4) is 0 Å². The maximum absolute atomic E-state index is 10.5. The molecule has 22 heteroatoms. The van der Waals surface area contributed by atoms with Crippen molar-refractivity contribution in [1.82, 2.24) is 34.9 Å². The first-order valence-electron chi connectivity index (χ1n) is 14.1. The van der Waals surface area contributed by atoms with Gasteiger partial charge in [-0.1, -0.05) is 29.3 Å². The van der Waals surface area contributed by atoms with E-state index >= 15 is 0 Å². The van der Waals surface area contributed by atoms with Crippen LogP contribution in [0.25, 0.3) is 0 Å². The Labute approximate surface area is 291 Å². The molecule has 0 bridgehead atoms. The largest absolute Gasteiger partial charge is 0.381 e. The van der Waals surface area contributed by atoms with Crippen molar-refractivity contribution in [2.75, 3.05) is 61.4 Å². The summed E-state index contributed by atoms with van der Waals surface area (Å²) in [4.78, 5) is 40.2. The average Bonchev–Trinajstić information content (AvgIpc) is 3.70. The zero-order valence-corrected chi connectivity index (χ0v) is 29.4. The highest BCUT2D eigenvalue weighted by Crippen LogP contribution is 2.19. The standard InChI is InChI=1S/C9H12ClN5O2.C9H16N4O4.C8H9ClN4S/c1-11-9(13-15(16)17)14(2)6-7-3-4-8(10)12-5-7;1-11-6-17-7-12(9(11)10-13(14)15)4-8-2-3-16-5-8;1-6(12-5-10)13(2)4-7-3-11-8(9)14-7/h3-5H,6H2,1-2H3,(H,11,13);8H,2-7H2,1H3;3H,4H2,1-2H3/b;10-9+;. The van der Waals surface area contributed by atoms with Crippen LogP contribution in [0, 0.1) is 37.6 Å². The van der Waals surface area contributed by atoms with E-state index in [0.717, 1.165) is 23.5 Å². The Bertz CT molecular complexity index is 1460. The number of guanidine groups is 2. The Kier molecular flexibility index (Phi) is 17.2. The molecule has 0 radical (unpaired) electrons. The zero-order valence-electron chi connectivity index (χ0n) is 27.0. The number of hydrogen-bond donors (Lipinski definition) is 1. The Morgan fingerprint density at radius 1 is 1.17 bits per heavy atom. The summed E-state index contributed by atoms with van der Waals surface area (Å²) in [5.41, 5.74) is 0.878. The lowest BCUT2D eigenvalue weighted by Gasteiger charge is -2.35. The number of rotatable bonds is 8. The molecule has 2 aromatic heterocycles. The van der Waals surface area contributed by atoms with Crippen molar-refractivity contribution in [2.45, 2.75) is 26.4 Å². The number of halogens is 2. The zero-order chi connectivity index (χ0) is 35.6. The van der Waals surface area contributed by atoms with Gasteiger partial charge in [-0.05, 0) is 25.0 Å². The summed E-state index contributed by atoms with van der Waals surface area (Å²) >= 11 is 12.8. The van der Waals surface area contributed by atoms with E-state index in [9.17, 15) is 20.2 Å². The molecule has 2 aliphatic heterocycles. The van der Waals surface area contributed by atoms with Crippen molar-refractivity contribution in [3.05, 3.63) is 64.8 Å². The number of amidine groups is 1. The summed E-state index contributed by atoms with van der Waals surface area (Å²) in [5, 5.41) is 37.4. The predicted molar refractivity (Wildman–Crippen MR) is 180 cm³/mol. The van der Waals surface area contributed by atoms with Gasteiger partial charge in [-0.25, -0.2) is 30.2 Å². The van der Waals surface area contributed by atoms with Crippen LogP contribution in [0.15, 0.2) is 39.7 Å². The Morgan fingerprint density at radius 2 is 1.92 bits per heavy atom. The molecule has 0 saturated carbocycles. The summed E-state index contributed by atoms with van der Waals surface area (Å²) in [5.74, 6) is 1.59. The van der Waals surface area contributed by atoms with Gasteiger partial charge >= 0.3 is 0 Å². The van der Waals surface area contributed by atoms with Crippen LogP contribution in [-0.4, -0.2) is 119 Å². The molecule has 2 fully saturated rings. The first kappa shape index (κ1) is 39.8. The molecule has 2 aliphatic rings. The van der Waals surface area contributed by atoms with Gasteiger partial charge in [-0.2, -0.15) is 10.3 Å². The van der Waals surface area contributed by atoms with Crippen molar-refractivity contribution in [3.8, 4) is 6.19 Å². The van der Waals surface area contributed by atoms with Crippen LogP contribution >= 0.6 is 34.5 Å². The molecule has 0 amide bonds. The second kappa shape index (κ2) is 20.7. The number of aliphatic imine (C=N–C) groups is 1. The molecule has 1 unspecified atom stereocenters. The normalized spacial score (nSPS) is 17.0. The van der Waals surface area contributed by atoms with Crippen LogP contribution in [0.4, 0.5) is 0 Å². The fraction of sp³-hybridized carbons (Fsp3) is 0.538. The van der Waals surface area contributed by atoms with E-state index in [0.29, 0.717) is 67.0 Å². The Hall–Kier alpha value is -4.42. The first-order chi connectivity index (χ1) is 22.8. The number of hydrazone groups is 2. The summed E-state index contributed by atoms with van der Waals surface area (Å²) in [6.45, 7) is 5.70. The molecule has 2 saturated heterocycles. The number of nitrogens with zero attached hydrogens (tertiary/aromatic N) is 12. The smallest absolute Gasteiger partial charge is 0.277 e. The lowest BCUT2D eigenvalue weighted by Crippen LogP contribution is -2.51. The van der Waals surface area contributed by atoms with Crippen molar-refractivity contribution in [1.29, 1.82) is 5.26 Å². The minimum Gasteiger partial charge on any atom is -0.381 e. The third-order valence-electron chi connectivity index (χ3n) is 6.48. The molecule has 1 atom stereocenters. The van der Waals surface area contributed by atoms with Crippen LogP contribution < -0.4 is 5.32 Å². The van der Waals surface area contributed by atoms with E-state index in [-0.39, 0.29) is 5.96 Å². The number of nitrogens with one attached hydrogen (secondary N) is 1. The topological polar surface area (TPSA) is 216 Å². The van der Waals surface area contributed by atoms with Gasteiger partial charge in [-0.15, -0.1) is 11.3 Å². The van der Waals surface area contributed by atoms with E-state index in [1.54, 1.807) is 73.5 Å². The van der Waals surface area contributed by atoms with E-state index < -0.39 is 10.1 Å². The average molecular weight is 731 g/mol. The van der Waals surface area contributed by atoms with Crippen molar-refractivity contribution in [3.63, 3.8) is 0 Å². The third-order valence-corrected chi connectivity index (χ3v) is 7.81. The second-order valence-electron chi connectivity index (χ2n) is 10.2. The van der Waals surface area contributed by atoms with Gasteiger partial charge in [-0.3, -0.25) is 0 Å². The highest BCUT2D eigenvalue weighted by Gasteiger charge is 2.28.